The van der Waals surface area contributed by atoms with Crippen LogP contribution in [0.5, 0.6) is 0 Å². The van der Waals surface area contributed by atoms with E-state index < -0.39 is 26.7 Å². The Kier molecular flexibility index (Phi) is 4.48. The Labute approximate surface area is 126 Å². The molecule has 1 N–H and O–H groups in total. The fourth-order valence-corrected chi connectivity index (χ4v) is 4.15. The van der Waals surface area contributed by atoms with Crippen molar-refractivity contribution in [2.24, 2.45) is 0 Å². The molecular weight excluding hydrogens is 320 g/mol. The molecule has 21 heavy (non-hydrogen) atoms. The van der Waals surface area contributed by atoms with Gasteiger partial charge in [0, 0.05) is 12.1 Å². The van der Waals surface area contributed by atoms with E-state index in [-0.39, 0.29) is 27.8 Å². The molecule has 1 saturated heterocycles. The highest BCUT2D eigenvalue weighted by atomic mass is 35.5. The van der Waals surface area contributed by atoms with E-state index in [4.69, 9.17) is 11.6 Å². The smallest absolute Gasteiger partial charge is 0.288 e. The Hall–Kier alpha value is -1.67. The zero-order chi connectivity index (χ0) is 15.6. The first kappa shape index (κ1) is 15.7. The van der Waals surface area contributed by atoms with Crippen LogP contribution in [0.2, 0.25) is 5.02 Å². The molecule has 1 unspecified atom stereocenters. The lowest BCUT2D eigenvalue weighted by Crippen LogP contribution is -2.43. The van der Waals surface area contributed by atoms with Gasteiger partial charge < -0.3 is 5.32 Å². The van der Waals surface area contributed by atoms with Crippen molar-refractivity contribution >= 4 is 33.0 Å². The van der Waals surface area contributed by atoms with E-state index >= 15 is 0 Å². The highest BCUT2D eigenvalue weighted by Gasteiger charge is 2.27. The normalized spacial score (nSPS) is 20.7. The minimum atomic E-state index is -3.15. The van der Waals surface area contributed by atoms with Crippen LogP contribution in [0.3, 0.4) is 0 Å². The topological polar surface area (TPSA) is 106 Å². The van der Waals surface area contributed by atoms with Crippen molar-refractivity contribution in [3.8, 4) is 0 Å². The van der Waals surface area contributed by atoms with E-state index in [9.17, 15) is 23.3 Å². The number of nitro benzene ring substituents is 1. The molecule has 0 aliphatic carbocycles. The molecule has 1 aromatic carbocycles. The van der Waals surface area contributed by atoms with Crippen molar-refractivity contribution in [1.29, 1.82) is 0 Å². The molecule has 1 atom stereocenters. The summed E-state index contributed by atoms with van der Waals surface area (Å²) in [5.41, 5.74) is -0.394. The summed E-state index contributed by atoms with van der Waals surface area (Å²) in [6.45, 7) is 0. The minimum Gasteiger partial charge on any atom is -0.348 e. The Morgan fingerprint density at radius 3 is 2.76 bits per heavy atom. The number of sulfone groups is 1. The maximum absolute atomic E-state index is 12.1. The molecule has 9 heteroatoms. The van der Waals surface area contributed by atoms with Gasteiger partial charge in [0.2, 0.25) is 0 Å². The molecule has 7 nitrogen and oxygen atoms in total. The maximum Gasteiger partial charge on any atom is 0.288 e. The summed E-state index contributed by atoms with van der Waals surface area (Å²) in [6, 6.07) is 3.43. The number of nitro groups is 1. The first-order chi connectivity index (χ1) is 9.80. The van der Waals surface area contributed by atoms with Crippen LogP contribution in [-0.4, -0.2) is 36.8 Å². The number of nitrogens with zero attached hydrogens (tertiary/aromatic N) is 1. The first-order valence-corrected chi connectivity index (χ1v) is 8.44. The van der Waals surface area contributed by atoms with E-state index in [1.165, 1.54) is 18.2 Å². The van der Waals surface area contributed by atoms with Crippen LogP contribution in [0.4, 0.5) is 5.69 Å². The van der Waals surface area contributed by atoms with Crippen LogP contribution >= 0.6 is 11.6 Å². The number of hydrogen-bond donors (Lipinski definition) is 1. The Morgan fingerprint density at radius 1 is 1.43 bits per heavy atom. The van der Waals surface area contributed by atoms with Gasteiger partial charge in [0.25, 0.3) is 11.6 Å². The molecule has 1 aliphatic rings. The Balaban J connectivity index is 2.18. The molecule has 0 spiro atoms. The van der Waals surface area contributed by atoms with E-state index in [0.717, 1.165) is 0 Å². The van der Waals surface area contributed by atoms with Crippen LogP contribution < -0.4 is 5.32 Å². The van der Waals surface area contributed by atoms with Crippen LogP contribution in [0.1, 0.15) is 23.2 Å². The van der Waals surface area contributed by atoms with Gasteiger partial charge >= 0.3 is 0 Å². The number of halogens is 1. The van der Waals surface area contributed by atoms with Crippen molar-refractivity contribution < 1.29 is 18.1 Å². The third-order valence-electron chi connectivity index (χ3n) is 3.22. The molecule has 1 aromatic rings. The molecular formula is C12H13ClN2O5S. The summed E-state index contributed by atoms with van der Waals surface area (Å²) in [4.78, 5) is 22.2. The van der Waals surface area contributed by atoms with Crippen molar-refractivity contribution in [1.82, 2.24) is 5.32 Å². The maximum atomic E-state index is 12.1. The predicted octanol–water partition coefficient (Wildman–Crippen LogP) is 1.56. The monoisotopic (exact) mass is 332 g/mol. The largest absolute Gasteiger partial charge is 0.348 e. The van der Waals surface area contributed by atoms with Gasteiger partial charge in [-0.3, -0.25) is 14.9 Å². The summed E-state index contributed by atoms with van der Waals surface area (Å²) < 4.78 is 23.0. The fraction of sp³-hybridized carbons (Fsp3) is 0.417. The Bertz CT molecular complexity index is 689. The quantitative estimate of drug-likeness (QED) is 0.667. The van der Waals surface area contributed by atoms with Crippen molar-refractivity contribution in [3.63, 3.8) is 0 Å². The molecule has 2 rings (SSSR count). The molecule has 1 heterocycles. The number of amides is 1. The summed E-state index contributed by atoms with van der Waals surface area (Å²) in [5, 5.41) is 13.1. The summed E-state index contributed by atoms with van der Waals surface area (Å²) in [7, 11) is -3.15. The second kappa shape index (κ2) is 5.98. The summed E-state index contributed by atoms with van der Waals surface area (Å²) in [6.07, 6.45) is 1.04. The van der Waals surface area contributed by atoms with Crippen LogP contribution in [0.25, 0.3) is 0 Å². The molecule has 1 amide bonds. The summed E-state index contributed by atoms with van der Waals surface area (Å²) >= 11 is 5.85. The second-order valence-electron chi connectivity index (χ2n) is 4.82. The van der Waals surface area contributed by atoms with Crippen molar-refractivity contribution in [3.05, 3.63) is 38.9 Å². The summed E-state index contributed by atoms with van der Waals surface area (Å²) in [5.74, 6) is -0.604. The highest BCUT2D eigenvalue weighted by Crippen LogP contribution is 2.27. The number of hydrogen-bond acceptors (Lipinski definition) is 5. The average Bonchev–Trinajstić information content (AvgIpc) is 2.37. The van der Waals surface area contributed by atoms with E-state index in [1.807, 2.05) is 0 Å². The number of nitrogens with one attached hydrogen (secondary N) is 1. The number of rotatable bonds is 3. The second-order valence-corrected chi connectivity index (χ2v) is 7.43. The fourth-order valence-electron chi connectivity index (χ4n) is 2.24. The Morgan fingerprint density at radius 2 is 2.14 bits per heavy atom. The molecule has 0 saturated carbocycles. The zero-order valence-electron chi connectivity index (χ0n) is 10.9. The zero-order valence-corrected chi connectivity index (χ0v) is 12.5. The van der Waals surface area contributed by atoms with E-state index in [1.54, 1.807) is 0 Å². The van der Waals surface area contributed by atoms with E-state index in [2.05, 4.69) is 5.32 Å². The number of carbonyl (C=O) groups is 1. The van der Waals surface area contributed by atoms with Crippen LogP contribution in [-0.2, 0) is 9.84 Å². The third kappa shape index (κ3) is 3.70. The number of carbonyl (C=O) groups excluding carboxylic acids is 1. The highest BCUT2D eigenvalue weighted by molar-refractivity contribution is 7.91. The lowest BCUT2D eigenvalue weighted by Gasteiger charge is -2.23. The van der Waals surface area contributed by atoms with Crippen molar-refractivity contribution in [2.75, 3.05) is 11.5 Å². The molecule has 1 aliphatic heterocycles. The van der Waals surface area contributed by atoms with Crippen molar-refractivity contribution in [2.45, 2.75) is 18.9 Å². The van der Waals surface area contributed by atoms with Gasteiger partial charge in [-0.25, -0.2) is 8.42 Å². The van der Waals surface area contributed by atoms with Gasteiger partial charge in [-0.1, -0.05) is 17.7 Å². The first-order valence-electron chi connectivity index (χ1n) is 6.24. The lowest BCUT2D eigenvalue weighted by atomic mass is 10.1. The van der Waals surface area contributed by atoms with Gasteiger partial charge in [0.05, 0.1) is 22.0 Å². The van der Waals surface area contributed by atoms with Crippen LogP contribution in [0, 0.1) is 10.1 Å². The number of benzene rings is 1. The van der Waals surface area contributed by atoms with Gasteiger partial charge in [-0.05, 0) is 18.9 Å². The molecule has 0 bridgehead atoms. The molecule has 1 fully saturated rings. The van der Waals surface area contributed by atoms with Crippen LogP contribution in [0.15, 0.2) is 18.2 Å². The van der Waals surface area contributed by atoms with Gasteiger partial charge in [0.15, 0.2) is 9.84 Å². The average molecular weight is 333 g/mol. The van der Waals surface area contributed by atoms with Gasteiger partial charge in [0.1, 0.15) is 5.02 Å². The van der Waals surface area contributed by atoms with Gasteiger partial charge in [-0.15, -0.1) is 0 Å². The molecule has 0 aromatic heterocycles. The SMILES string of the molecule is O=C(NC1CCCS(=O)(=O)C1)c1cccc([N+](=O)[O-])c1Cl. The molecule has 0 radical (unpaired) electrons. The third-order valence-corrected chi connectivity index (χ3v) is 5.44. The lowest BCUT2D eigenvalue weighted by molar-refractivity contribution is -0.384. The predicted molar refractivity (Wildman–Crippen MR) is 77.2 cm³/mol. The van der Waals surface area contributed by atoms with Gasteiger partial charge in [-0.2, -0.15) is 0 Å². The molecule has 114 valence electrons. The standard InChI is InChI=1S/C12H13ClN2O5S/c13-11-9(4-1-5-10(11)15(17)18)12(16)14-8-3-2-6-21(19,20)7-8/h1,4-5,8H,2-3,6-7H2,(H,14,16). The van der Waals surface area contributed by atoms with E-state index in [0.29, 0.717) is 12.8 Å². The minimum absolute atomic E-state index is 0.0335.